The molecular formula is C24H28Cl2N4O4. The molecule has 1 aromatic carbocycles. The SMILES string of the molecule is CCOC1(Cl)NC(CC2CNCCO2)=Cc2c1n(C)cc(C(=O)NCc1ccc(Cl)cc1)c2=O. The molecule has 1 fully saturated rings. The summed E-state index contributed by atoms with van der Waals surface area (Å²) in [4.78, 5) is 26.4. The van der Waals surface area contributed by atoms with Gasteiger partial charge in [0, 0.05) is 56.6 Å². The van der Waals surface area contributed by atoms with Crippen LogP contribution in [0.15, 0.2) is 41.0 Å². The Kier molecular flexibility index (Phi) is 7.64. The summed E-state index contributed by atoms with van der Waals surface area (Å²) in [6, 6.07) is 7.14. The molecule has 8 nitrogen and oxygen atoms in total. The van der Waals surface area contributed by atoms with E-state index in [2.05, 4.69) is 16.0 Å². The molecule has 2 unspecified atom stereocenters. The van der Waals surface area contributed by atoms with E-state index in [0.29, 0.717) is 48.2 Å². The topological polar surface area (TPSA) is 93.6 Å². The Balaban J connectivity index is 1.66. The highest BCUT2D eigenvalue weighted by molar-refractivity contribution is 6.30. The standard InChI is InChI=1S/C24H28Cl2N4O4/c1-3-34-24(26)22-19(11-17(29-24)10-18-13-27-8-9-33-18)21(31)20(14-30(22)2)23(32)28-12-15-4-6-16(25)7-5-15/h4-7,11,14,18,27,29H,3,8-10,12-13H2,1-2H3,(H,28,32). The number of rotatable bonds is 7. The smallest absolute Gasteiger partial charge is 0.260 e. The number of alkyl halides is 1. The van der Waals surface area contributed by atoms with Gasteiger partial charge in [0.2, 0.25) is 5.43 Å². The van der Waals surface area contributed by atoms with Crippen molar-refractivity contribution < 1.29 is 14.3 Å². The Morgan fingerprint density at radius 1 is 1.35 bits per heavy atom. The summed E-state index contributed by atoms with van der Waals surface area (Å²) in [5.41, 5.74) is 1.97. The Morgan fingerprint density at radius 3 is 2.79 bits per heavy atom. The number of aromatic nitrogens is 1. The second kappa shape index (κ2) is 10.5. The quantitative estimate of drug-likeness (QED) is 0.394. The average Bonchev–Trinajstić information content (AvgIpc) is 2.81. The number of carbonyl (C=O) groups is 1. The van der Waals surface area contributed by atoms with Gasteiger partial charge in [0.25, 0.3) is 11.1 Å². The van der Waals surface area contributed by atoms with Crippen molar-refractivity contribution in [3.63, 3.8) is 0 Å². The number of nitrogens with zero attached hydrogens (tertiary/aromatic N) is 1. The molecule has 2 aliphatic heterocycles. The fraction of sp³-hybridized carbons (Fsp3) is 0.417. The summed E-state index contributed by atoms with van der Waals surface area (Å²) in [5, 5.41) is 8.50. The van der Waals surface area contributed by atoms with Crippen LogP contribution in [-0.4, -0.2) is 42.9 Å². The molecule has 1 amide bonds. The van der Waals surface area contributed by atoms with Crippen LogP contribution in [0.25, 0.3) is 6.08 Å². The van der Waals surface area contributed by atoms with E-state index in [4.69, 9.17) is 32.7 Å². The molecule has 2 aromatic rings. The number of nitrogens with one attached hydrogen (secondary N) is 3. The minimum atomic E-state index is -1.44. The number of halogens is 2. The van der Waals surface area contributed by atoms with Crippen molar-refractivity contribution in [2.75, 3.05) is 26.3 Å². The molecule has 182 valence electrons. The van der Waals surface area contributed by atoms with Gasteiger partial charge in [-0.1, -0.05) is 35.3 Å². The molecule has 34 heavy (non-hydrogen) atoms. The largest absolute Gasteiger partial charge is 0.375 e. The molecule has 0 aliphatic carbocycles. The summed E-state index contributed by atoms with van der Waals surface area (Å²) in [7, 11) is 1.74. The molecule has 4 rings (SSSR count). The lowest BCUT2D eigenvalue weighted by Crippen LogP contribution is -2.48. The highest BCUT2D eigenvalue weighted by Gasteiger charge is 2.40. The summed E-state index contributed by atoms with van der Waals surface area (Å²) in [6.45, 7) is 4.53. The summed E-state index contributed by atoms with van der Waals surface area (Å²) >= 11 is 12.8. The number of hydrogen-bond donors (Lipinski definition) is 3. The number of benzene rings is 1. The zero-order chi connectivity index (χ0) is 24.3. The van der Waals surface area contributed by atoms with Crippen LogP contribution >= 0.6 is 23.2 Å². The van der Waals surface area contributed by atoms with Crippen LogP contribution < -0.4 is 21.4 Å². The van der Waals surface area contributed by atoms with Gasteiger partial charge in [-0.3, -0.25) is 9.59 Å². The first-order chi connectivity index (χ1) is 16.3. The average molecular weight is 507 g/mol. The second-order valence-corrected chi connectivity index (χ2v) is 9.25. The van der Waals surface area contributed by atoms with Gasteiger partial charge in [0.1, 0.15) is 5.56 Å². The van der Waals surface area contributed by atoms with E-state index in [0.717, 1.165) is 12.1 Å². The van der Waals surface area contributed by atoms with Crippen LogP contribution in [0.4, 0.5) is 0 Å². The number of carbonyl (C=O) groups excluding carboxylic acids is 1. The number of fused-ring (bicyclic) bond motifs is 1. The van der Waals surface area contributed by atoms with E-state index in [-0.39, 0.29) is 18.2 Å². The highest BCUT2D eigenvalue weighted by atomic mass is 35.5. The zero-order valence-corrected chi connectivity index (χ0v) is 20.6. The van der Waals surface area contributed by atoms with Crippen molar-refractivity contribution in [3.05, 3.63) is 73.8 Å². The van der Waals surface area contributed by atoms with E-state index >= 15 is 0 Å². The number of aryl methyl sites for hydroxylation is 1. The van der Waals surface area contributed by atoms with Crippen molar-refractivity contribution >= 4 is 35.2 Å². The summed E-state index contributed by atoms with van der Waals surface area (Å²) < 4.78 is 13.3. The molecule has 3 heterocycles. The molecule has 0 radical (unpaired) electrons. The van der Waals surface area contributed by atoms with Crippen LogP contribution in [0.3, 0.4) is 0 Å². The van der Waals surface area contributed by atoms with Gasteiger partial charge in [-0.2, -0.15) is 0 Å². The number of ether oxygens (including phenoxy) is 2. The van der Waals surface area contributed by atoms with E-state index in [1.54, 1.807) is 29.8 Å². The van der Waals surface area contributed by atoms with Gasteiger partial charge >= 0.3 is 0 Å². The van der Waals surface area contributed by atoms with Crippen molar-refractivity contribution in [3.8, 4) is 0 Å². The van der Waals surface area contributed by atoms with Crippen molar-refractivity contribution in [1.82, 2.24) is 20.5 Å². The van der Waals surface area contributed by atoms with Crippen molar-refractivity contribution in [1.29, 1.82) is 0 Å². The molecule has 1 aromatic heterocycles. The second-order valence-electron chi connectivity index (χ2n) is 8.28. The van der Waals surface area contributed by atoms with Gasteiger partial charge in [0.15, 0.2) is 0 Å². The molecule has 10 heteroatoms. The van der Waals surface area contributed by atoms with Crippen LogP contribution in [0.1, 0.15) is 40.5 Å². The first kappa shape index (κ1) is 24.8. The lowest BCUT2D eigenvalue weighted by Gasteiger charge is -2.37. The Bertz CT molecular complexity index is 1140. The predicted molar refractivity (Wildman–Crippen MR) is 132 cm³/mol. The third-order valence-corrected chi connectivity index (χ3v) is 6.41. The maximum atomic E-state index is 13.5. The van der Waals surface area contributed by atoms with E-state index in [1.165, 1.54) is 6.20 Å². The number of morpholine rings is 1. The Hall–Kier alpha value is -2.36. The lowest BCUT2D eigenvalue weighted by atomic mass is 10.00. The molecule has 0 spiro atoms. The summed E-state index contributed by atoms with van der Waals surface area (Å²) in [5.74, 6) is -0.469. The fourth-order valence-corrected chi connectivity index (χ4v) is 4.81. The highest BCUT2D eigenvalue weighted by Crippen LogP contribution is 2.36. The van der Waals surface area contributed by atoms with E-state index < -0.39 is 16.5 Å². The van der Waals surface area contributed by atoms with Crippen molar-refractivity contribution in [2.45, 2.75) is 31.2 Å². The third-order valence-electron chi connectivity index (χ3n) is 5.77. The maximum Gasteiger partial charge on any atom is 0.260 e. The van der Waals surface area contributed by atoms with Crippen LogP contribution in [0.5, 0.6) is 0 Å². The molecular weight excluding hydrogens is 479 g/mol. The molecule has 0 bridgehead atoms. The number of hydrogen-bond acceptors (Lipinski definition) is 6. The summed E-state index contributed by atoms with van der Waals surface area (Å²) in [6.07, 6.45) is 3.68. The van der Waals surface area contributed by atoms with E-state index in [9.17, 15) is 9.59 Å². The minimum Gasteiger partial charge on any atom is -0.375 e. The molecule has 2 aliphatic rings. The number of amides is 1. The minimum absolute atomic E-state index is 0.0267. The molecule has 1 saturated heterocycles. The van der Waals surface area contributed by atoms with Gasteiger partial charge in [-0.25, -0.2) is 0 Å². The van der Waals surface area contributed by atoms with Gasteiger partial charge in [-0.05, 0) is 30.7 Å². The lowest BCUT2D eigenvalue weighted by molar-refractivity contribution is -0.00771. The predicted octanol–water partition coefficient (Wildman–Crippen LogP) is 2.68. The fourth-order valence-electron chi connectivity index (χ4n) is 4.22. The molecule has 0 saturated carbocycles. The van der Waals surface area contributed by atoms with Crippen LogP contribution in [-0.2, 0) is 28.3 Å². The molecule has 2 atom stereocenters. The first-order valence-corrected chi connectivity index (χ1v) is 12.0. The Labute approximate surface area is 208 Å². The van der Waals surface area contributed by atoms with Crippen LogP contribution in [0.2, 0.25) is 5.02 Å². The van der Waals surface area contributed by atoms with Gasteiger partial charge < -0.3 is 30.0 Å². The monoisotopic (exact) mass is 506 g/mol. The molecule has 3 N–H and O–H groups in total. The first-order valence-electron chi connectivity index (χ1n) is 11.2. The van der Waals surface area contributed by atoms with Crippen molar-refractivity contribution in [2.24, 2.45) is 7.05 Å². The maximum absolute atomic E-state index is 13.5. The Morgan fingerprint density at radius 2 is 2.12 bits per heavy atom. The van der Waals surface area contributed by atoms with Gasteiger partial charge in [0.05, 0.1) is 24.0 Å². The normalized spacial score (nSPS) is 21.9. The zero-order valence-electron chi connectivity index (χ0n) is 19.1. The number of pyridine rings is 1. The van der Waals surface area contributed by atoms with Gasteiger partial charge in [-0.15, -0.1) is 0 Å². The van der Waals surface area contributed by atoms with Crippen LogP contribution in [0, 0.1) is 0 Å². The van der Waals surface area contributed by atoms with E-state index in [1.807, 2.05) is 19.1 Å². The third kappa shape index (κ3) is 5.31.